The lowest BCUT2D eigenvalue weighted by molar-refractivity contribution is 0.00740. The minimum Gasteiger partial charge on any atom is -0.497 e. The molecule has 18 heavy (non-hydrogen) atoms. The summed E-state index contributed by atoms with van der Waals surface area (Å²) in [6, 6.07) is 6.48. The second kappa shape index (κ2) is 6.21. The number of aryl methyl sites for hydroxylation is 1. The van der Waals surface area contributed by atoms with Crippen LogP contribution in [0.3, 0.4) is 0 Å². The van der Waals surface area contributed by atoms with Gasteiger partial charge in [0.25, 0.3) is 0 Å². The molecule has 0 heterocycles. The molecular weight excluding hydrogens is 226 g/mol. The molecule has 0 amide bonds. The van der Waals surface area contributed by atoms with E-state index >= 15 is 0 Å². The molecule has 0 saturated heterocycles. The number of hydrogen-bond donors (Lipinski definition) is 1. The lowest BCUT2D eigenvalue weighted by Crippen LogP contribution is -2.30. The van der Waals surface area contributed by atoms with Gasteiger partial charge in [-0.15, -0.1) is 0 Å². The number of nitrogens with one attached hydrogen (secondary N) is 1. The molecule has 0 aromatic heterocycles. The molecule has 0 fully saturated rings. The van der Waals surface area contributed by atoms with Gasteiger partial charge in [-0.25, -0.2) is 0 Å². The van der Waals surface area contributed by atoms with E-state index in [1.54, 1.807) is 14.2 Å². The van der Waals surface area contributed by atoms with E-state index < -0.39 is 0 Å². The van der Waals surface area contributed by atoms with Crippen LogP contribution in [0.25, 0.3) is 0 Å². The molecule has 0 aliphatic rings. The molecule has 0 saturated carbocycles. The largest absolute Gasteiger partial charge is 0.497 e. The Morgan fingerprint density at radius 3 is 2.39 bits per heavy atom. The average molecular weight is 251 g/mol. The Morgan fingerprint density at radius 1 is 1.28 bits per heavy atom. The van der Waals surface area contributed by atoms with E-state index in [-0.39, 0.29) is 11.6 Å². The van der Waals surface area contributed by atoms with Crippen molar-refractivity contribution >= 4 is 0 Å². The number of benzene rings is 1. The molecule has 1 rings (SSSR count). The molecular formula is C15H25NO2. The Hall–Kier alpha value is -1.06. The van der Waals surface area contributed by atoms with Gasteiger partial charge in [-0.3, -0.25) is 0 Å². The number of rotatable bonds is 6. The van der Waals surface area contributed by atoms with Gasteiger partial charge >= 0.3 is 0 Å². The lowest BCUT2D eigenvalue weighted by atomic mass is 9.91. The van der Waals surface area contributed by atoms with Crippen LogP contribution in [-0.2, 0) is 4.74 Å². The van der Waals surface area contributed by atoms with Crippen LogP contribution in [0.2, 0.25) is 0 Å². The minimum absolute atomic E-state index is 0.139. The van der Waals surface area contributed by atoms with E-state index in [0.717, 1.165) is 12.2 Å². The normalized spacial score (nSPS) is 13.4. The van der Waals surface area contributed by atoms with Crippen LogP contribution in [0.5, 0.6) is 5.75 Å². The van der Waals surface area contributed by atoms with Crippen molar-refractivity contribution in [3.8, 4) is 5.75 Å². The van der Waals surface area contributed by atoms with Crippen LogP contribution in [0.4, 0.5) is 0 Å². The Kier molecular flexibility index (Phi) is 5.17. The Labute approximate surface area is 110 Å². The second-order valence-electron chi connectivity index (χ2n) is 5.23. The first-order chi connectivity index (χ1) is 8.43. The molecule has 0 spiro atoms. The van der Waals surface area contributed by atoms with Gasteiger partial charge in [0.2, 0.25) is 0 Å². The minimum atomic E-state index is -0.139. The summed E-state index contributed by atoms with van der Waals surface area (Å²) < 4.78 is 10.8. The number of ether oxygens (including phenoxy) is 2. The van der Waals surface area contributed by atoms with Gasteiger partial charge < -0.3 is 14.8 Å². The van der Waals surface area contributed by atoms with Crippen molar-refractivity contribution in [1.82, 2.24) is 5.32 Å². The molecule has 3 heteroatoms. The van der Waals surface area contributed by atoms with Crippen molar-refractivity contribution in [3.63, 3.8) is 0 Å². The first-order valence-corrected chi connectivity index (χ1v) is 6.30. The molecule has 0 bridgehead atoms. The fourth-order valence-electron chi connectivity index (χ4n) is 2.11. The zero-order chi connectivity index (χ0) is 13.8. The predicted octanol–water partition coefficient (Wildman–Crippen LogP) is 3.08. The quantitative estimate of drug-likeness (QED) is 0.843. The Morgan fingerprint density at radius 2 is 1.94 bits per heavy atom. The fourth-order valence-corrected chi connectivity index (χ4v) is 2.11. The van der Waals surface area contributed by atoms with Gasteiger partial charge in [0, 0.05) is 13.2 Å². The summed E-state index contributed by atoms with van der Waals surface area (Å²) in [4.78, 5) is 0. The summed E-state index contributed by atoms with van der Waals surface area (Å²) in [6.45, 7) is 6.33. The molecule has 1 atom stereocenters. The van der Waals surface area contributed by atoms with E-state index in [9.17, 15) is 0 Å². The number of hydrogen-bond acceptors (Lipinski definition) is 3. The molecule has 102 valence electrons. The highest BCUT2D eigenvalue weighted by Crippen LogP contribution is 2.29. The predicted molar refractivity (Wildman–Crippen MR) is 75.2 cm³/mol. The molecule has 0 aliphatic carbocycles. The fraction of sp³-hybridized carbons (Fsp3) is 0.600. The van der Waals surface area contributed by atoms with Crippen molar-refractivity contribution in [2.75, 3.05) is 21.3 Å². The molecule has 1 aromatic rings. The summed E-state index contributed by atoms with van der Waals surface area (Å²) in [5.74, 6) is 0.900. The summed E-state index contributed by atoms with van der Waals surface area (Å²) in [6.07, 6.45) is 0.924. The van der Waals surface area contributed by atoms with Crippen LogP contribution < -0.4 is 10.1 Å². The highest BCUT2D eigenvalue weighted by Gasteiger charge is 2.23. The van der Waals surface area contributed by atoms with Crippen molar-refractivity contribution in [2.24, 2.45) is 0 Å². The third-order valence-corrected chi connectivity index (χ3v) is 3.45. The zero-order valence-electron chi connectivity index (χ0n) is 12.3. The highest BCUT2D eigenvalue weighted by molar-refractivity contribution is 5.36. The van der Waals surface area contributed by atoms with Gasteiger partial charge in [0.05, 0.1) is 12.7 Å². The Bertz CT molecular complexity index is 388. The van der Waals surface area contributed by atoms with Gasteiger partial charge in [-0.05, 0) is 57.5 Å². The van der Waals surface area contributed by atoms with E-state index in [1.807, 2.05) is 13.1 Å². The van der Waals surface area contributed by atoms with Crippen LogP contribution in [0.1, 0.15) is 37.4 Å². The molecule has 0 aliphatic heterocycles. The Balaban J connectivity index is 2.95. The van der Waals surface area contributed by atoms with Crippen molar-refractivity contribution in [2.45, 2.75) is 38.8 Å². The maximum atomic E-state index is 5.51. The first kappa shape index (κ1) is 15.0. The first-order valence-electron chi connectivity index (χ1n) is 6.30. The zero-order valence-corrected chi connectivity index (χ0v) is 12.3. The number of methoxy groups -OCH3 is 2. The summed E-state index contributed by atoms with van der Waals surface area (Å²) in [5, 5.41) is 3.37. The van der Waals surface area contributed by atoms with E-state index in [1.165, 1.54) is 11.1 Å². The molecule has 1 unspecified atom stereocenters. The van der Waals surface area contributed by atoms with Crippen LogP contribution >= 0.6 is 0 Å². The molecule has 3 nitrogen and oxygen atoms in total. The van der Waals surface area contributed by atoms with Crippen molar-refractivity contribution < 1.29 is 9.47 Å². The third-order valence-electron chi connectivity index (χ3n) is 3.45. The van der Waals surface area contributed by atoms with E-state index in [4.69, 9.17) is 9.47 Å². The van der Waals surface area contributed by atoms with Crippen LogP contribution in [-0.4, -0.2) is 26.9 Å². The van der Waals surface area contributed by atoms with Crippen LogP contribution in [0.15, 0.2) is 18.2 Å². The van der Waals surface area contributed by atoms with Gasteiger partial charge in [0.1, 0.15) is 5.75 Å². The maximum absolute atomic E-state index is 5.51. The van der Waals surface area contributed by atoms with E-state index in [0.29, 0.717) is 0 Å². The average Bonchev–Trinajstić information content (AvgIpc) is 2.36. The summed E-state index contributed by atoms with van der Waals surface area (Å²) >= 11 is 0. The van der Waals surface area contributed by atoms with Gasteiger partial charge in [-0.1, -0.05) is 6.07 Å². The SMILES string of the molecule is CNC(CC(C)(C)OC)c1ccc(OC)cc1C. The monoisotopic (exact) mass is 251 g/mol. The third kappa shape index (κ3) is 3.72. The van der Waals surface area contributed by atoms with E-state index in [2.05, 4.69) is 38.2 Å². The standard InChI is InChI=1S/C15H25NO2/c1-11-9-12(17-5)7-8-13(11)14(16-4)10-15(2,3)18-6/h7-9,14,16H,10H2,1-6H3. The van der Waals surface area contributed by atoms with Gasteiger partial charge in [-0.2, -0.15) is 0 Å². The molecule has 0 radical (unpaired) electrons. The van der Waals surface area contributed by atoms with Gasteiger partial charge in [0.15, 0.2) is 0 Å². The maximum Gasteiger partial charge on any atom is 0.119 e. The molecule has 1 N–H and O–H groups in total. The van der Waals surface area contributed by atoms with Crippen molar-refractivity contribution in [3.05, 3.63) is 29.3 Å². The summed E-state index contributed by atoms with van der Waals surface area (Å²) in [5.41, 5.74) is 2.39. The highest BCUT2D eigenvalue weighted by atomic mass is 16.5. The lowest BCUT2D eigenvalue weighted by Gasteiger charge is -2.29. The summed E-state index contributed by atoms with van der Waals surface area (Å²) in [7, 11) is 5.44. The van der Waals surface area contributed by atoms with Crippen LogP contribution in [0, 0.1) is 6.92 Å². The smallest absolute Gasteiger partial charge is 0.119 e. The second-order valence-corrected chi connectivity index (χ2v) is 5.23. The topological polar surface area (TPSA) is 30.5 Å². The van der Waals surface area contributed by atoms with Crippen molar-refractivity contribution in [1.29, 1.82) is 0 Å². The molecule has 1 aromatic carbocycles.